The van der Waals surface area contributed by atoms with Gasteiger partial charge in [0.15, 0.2) is 0 Å². The smallest absolute Gasteiger partial charge is 0.0983 e. The molecule has 0 aromatic heterocycles. The summed E-state index contributed by atoms with van der Waals surface area (Å²) in [6, 6.07) is 9.64. The Kier molecular flexibility index (Phi) is 8.86. The fourth-order valence-electron chi connectivity index (χ4n) is 6.05. The van der Waals surface area contributed by atoms with Gasteiger partial charge in [-0.15, -0.1) is 0 Å². The van der Waals surface area contributed by atoms with Crippen LogP contribution in [0.4, 0.5) is 0 Å². The Bertz CT molecular complexity index is 502. The third-order valence-electron chi connectivity index (χ3n) is 7.30. The summed E-state index contributed by atoms with van der Waals surface area (Å²) < 4.78 is 6.47. The van der Waals surface area contributed by atoms with Crippen LogP contribution in [-0.4, -0.2) is 7.11 Å². The van der Waals surface area contributed by atoms with Crippen molar-refractivity contribution in [3.63, 3.8) is 0 Å². The van der Waals surface area contributed by atoms with Crippen LogP contribution in [0.3, 0.4) is 0 Å². The average Bonchev–Trinajstić information content (AvgIpc) is 3.41. The van der Waals surface area contributed by atoms with E-state index in [9.17, 15) is 0 Å². The Morgan fingerprint density at radius 1 is 0.889 bits per heavy atom. The van der Waals surface area contributed by atoms with E-state index >= 15 is 0 Å². The molecule has 1 atom stereocenters. The second kappa shape index (κ2) is 10.6. The molecule has 2 aliphatic carbocycles. The van der Waals surface area contributed by atoms with E-state index in [1.165, 1.54) is 68.9 Å². The zero-order valence-corrected chi connectivity index (χ0v) is 18.9. The molecule has 0 saturated heterocycles. The van der Waals surface area contributed by atoms with Gasteiger partial charge in [-0.1, -0.05) is 84.6 Å². The lowest BCUT2D eigenvalue weighted by Gasteiger charge is -2.44. The molecule has 0 radical (unpaired) electrons. The van der Waals surface area contributed by atoms with Gasteiger partial charge in [-0.05, 0) is 66.9 Å². The van der Waals surface area contributed by atoms with Crippen molar-refractivity contribution in [3.05, 3.63) is 35.4 Å². The summed E-state index contributed by atoms with van der Waals surface area (Å²) in [4.78, 5) is 0. The van der Waals surface area contributed by atoms with Crippen molar-refractivity contribution in [2.45, 2.75) is 104 Å². The molecular weight excluding hydrogens is 328 g/mol. The quantitative estimate of drug-likeness (QED) is 0.470. The van der Waals surface area contributed by atoms with Crippen molar-refractivity contribution in [2.75, 3.05) is 7.11 Å². The SMILES string of the molecule is CC.CCC(c1ccc(C(OC)(C2CCCC2)C2CCCC2)cc1)C(C)C. The molecule has 1 nitrogen and oxygen atoms in total. The Morgan fingerprint density at radius 3 is 1.67 bits per heavy atom. The maximum absolute atomic E-state index is 6.47. The number of hydrogen-bond donors (Lipinski definition) is 0. The Morgan fingerprint density at radius 2 is 1.33 bits per heavy atom. The molecule has 0 aliphatic heterocycles. The van der Waals surface area contributed by atoms with E-state index in [4.69, 9.17) is 4.74 Å². The maximum Gasteiger partial charge on any atom is 0.0983 e. The van der Waals surface area contributed by atoms with E-state index in [-0.39, 0.29) is 5.60 Å². The molecule has 0 amide bonds. The predicted molar refractivity (Wildman–Crippen MR) is 118 cm³/mol. The monoisotopic (exact) mass is 372 g/mol. The number of hydrogen-bond acceptors (Lipinski definition) is 1. The largest absolute Gasteiger partial charge is 0.373 e. The van der Waals surface area contributed by atoms with E-state index in [1.807, 2.05) is 21.0 Å². The summed E-state index contributed by atoms with van der Waals surface area (Å²) in [5, 5.41) is 0. The fraction of sp³-hybridized carbons (Fsp3) is 0.769. The second-order valence-electron chi connectivity index (χ2n) is 8.84. The summed E-state index contributed by atoms with van der Waals surface area (Å²) in [6.45, 7) is 11.0. The summed E-state index contributed by atoms with van der Waals surface area (Å²) in [6.07, 6.45) is 12.1. The van der Waals surface area contributed by atoms with Crippen molar-refractivity contribution in [1.82, 2.24) is 0 Å². The first-order valence-corrected chi connectivity index (χ1v) is 11.8. The first-order valence-electron chi connectivity index (χ1n) is 11.8. The molecule has 1 aromatic carbocycles. The number of methoxy groups -OCH3 is 1. The molecule has 0 N–H and O–H groups in total. The summed E-state index contributed by atoms with van der Waals surface area (Å²) in [5.74, 6) is 2.79. The Hall–Kier alpha value is -0.820. The molecule has 0 heterocycles. The summed E-state index contributed by atoms with van der Waals surface area (Å²) in [7, 11) is 1.98. The van der Waals surface area contributed by atoms with Gasteiger partial charge >= 0.3 is 0 Å². The average molecular weight is 373 g/mol. The minimum Gasteiger partial charge on any atom is -0.373 e. The van der Waals surface area contributed by atoms with Gasteiger partial charge in [0.1, 0.15) is 0 Å². The molecule has 27 heavy (non-hydrogen) atoms. The van der Waals surface area contributed by atoms with Gasteiger partial charge < -0.3 is 4.74 Å². The van der Waals surface area contributed by atoms with Gasteiger partial charge in [0.05, 0.1) is 5.60 Å². The highest BCUT2D eigenvalue weighted by molar-refractivity contribution is 5.31. The highest BCUT2D eigenvalue weighted by Crippen LogP contribution is 2.52. The van der Waals surface area contributed by atoms with Gasteiger partial charge in [-0.3, -0.25) is 0 Å². The molecule has 154 valence electrons. The van der Waals surface area contributed by atoms with Crippen LogP contribution in [0.5, 0.6) is 0 Å². The molecule has 1 aromatic rings. The first-order chi connectivity index (χ1) is 13.1. The molecule has 2 fully saturated rings. The lowest BCUT2D eigenvalue weighted by Crippen LogP contribution is -2.42. The lowest BCUT2D eigenvalue weighted by atomic mass is 9.70. The van der Waals surface area contributed by atoms with E-state index in [1.54, 1.807) is 0 Å². The molecule has 2 saturated carbocycles. The molecule has 1 unspecified atom stereocenters. The molecule has 2 aliphatic rings. The van der Waals surface area contributed by atoms with Crippen molar-refractivity contribution >= 4 is 0 Å². The van der Waals surface area contributed by atoms with Gasteiger partial charge in [0.25, 0.3) is 0 Å². The van der Waals surface area contributed by atoms with Crippen LogP contribution in [0, 0.1) is 17.8 Å². The Balaban J connectivity index is 0.00000126. The van der Waals surface area contributed by atoms with E-state index < -0.39 is 0 Å². The normalized spacial score (nSPS) is 20.0. The van der Waals surface area contributed by atoms with Crippen molar-refractivity contribution in [3.8, 4) is 0 Å². The standard InChI is InChI=1S/C24H38O.C2H6/c1-5-23(18(2)3)19-14-16-22(17-15-19)24(25-4,20-10-6-7-11-20)21-12-8-9-13-21;1-2/h14-18,20-21,23H,5-13H2,1-4H3;1-2H3. The maximum atomic E-state index is 6.47. The van der Waals surface area contributed by atoms with Gasteiger partial charge in [0.2, 0.25) is 0 Å². The van der Waals surface area contributed by atoms with Crippen molar-refractivity contribution < 1.29 is 4.74 Å². The fourth-order valence-corrected chi connectivity index (χ4v) is 6.05. The lowest BCUT2D eigenvalue weighted by molar-refractivity contribution is -0.107. The molecule has 3 rings (SSSR count). The number of benzene rings is 1. The zero-order valence-electron chi connectivity index (χ0n) is 18.9. The van der Waals surface area contributed by atoms with Crippen molar-refractivity contribution in [2.24, 2.45) is 17.8 Å². The number of ether oxygens (including phenoxy) is 1. The highest BCUT2D eigenvalue weighted by atomic mass is 16.5. The van der Waals surface area contributed by atoms with Gasteiger partial charge in [-0.25, -0.2) is 0 Å². The molecule has 1 heteroatoms. The topological polar surface area (TPSA) is 9.23 Å². The summed E-state index contributed by atoms with van der Waals surface area (Å²) in [5.41, 5.74) is 2.92. The third-order valence-corrected chi connectivity index (χ3v) is 7.30. The van der Waals surface area contributed by atoms with Crippen LogP contribution in [0.25, 0.3) is 0 Å². The Labute approximate surface area is 169 Å². The van der Waals surface area contributed by atoms with Crippen LogP contribution in [-0.2, 0) is 10.3 Å². The van der Waals surface area contributed by atoms with Crippen LogP contribution in [0.2, 0.25) is 0 Å². The predicted octanol–water partition coefficient (Wildman–Crippen LogP) is 8.08. The second-order valence-corrected chi connectivity index (χ2v) is 8.84. The van der Waals surface area contributed by atoms with Gasteiger partial charge in [-0.2, -0.15) is 0 Å². The summed E-state index contributed by atoms with van der Waals surface area (Å²) >= 11 is 0. The third kappa shape index (κ3) is 4.61. The van der Waals surface area contributed by atoms with Crippen LogP contribution in [0.15, 0.2) is 24.3 Å². The first kappa shape index (κ1) is 22.5. The minimum absolute atomic E-state index is 0.0366. The van der Waals surface area contributed by atoms with Gasteiger partial charge in [0, 0.05) is 7.11 Å². The molecule has 0 bridgehead atoms. The number of rotatable bonds is 7. The highest BCUT2D eigenvalue weighted by Gasteiger charge is 2.48. The molecular formula is C26H44O. The van der Waals surface area contributed by atoms with Crippen LogP contribution in [0.1, 0.15) is 109 Å². The minimum atomic E-state index is -0.0366. The molecule has 0 spiro atoms. The van der Waals surface area contributed by atoms with E-state index in [0.717, 1.165) is 0 Å². The van der Waals surface area contributed by atoms with E-state index in [0.29, 0.717) is 23.7 Å². The van der Waals surface area contributed by atoms with Crippen molar-refractivity contribution in [1.29, 1.82) is 0 Å². The van der Waals surface area contributed by atoms with E-state index in [2.05, 4.69) is 45.0 Å². The van der Waals surface area contributed by atoms with Crippen LogP contribution >= 0.6 is 0 Å². The zero-order chi connectivity index (χ0) is 19.9. The van der Waals surface area contributed by atoms with Crippen LogP contribution < -0.4 is 0 Å².